The highest BCUT2D eigenvalue weighted by atomic mass is 32.2. The Balaban J connectivity index is 1.43. The van der Waals surface area contributed by atoms with Gasteiger partial charge < -0.3 is 4.74 Å². The second kappa shape index (κ2) is 8.57. The summed E-state index contributed by atoms with van der Waals surface area (Å²) >= 11 is 0. The van der Waals surface area contributed by atoms with E-state index in [1.807, 2.05) is 36.6 Å². The molecule has 0 radical (unpaired) electrons. The highest BCUT2D eigenvalue weighted by Gasteiger charge is 2.12. The van der Waals surface area contributed by atoms with Gasteiger partial charge in [0.25, 0.3) is 0 Å². The van der Waals surface area contributed by atoms with Crippen molar-refractivity contribution in [3.63, 3.8) is 0 Å². The molecule has 0 aliphatic carbocycles. The molecule has 0 bridgehead atoms. The standard InChI is InChI=1S/C22H21N5O3S/c1-16-4-3-5-18(12-16)14-31(28,29)26-19-6-8-20(9-7-19)30-22-13-21(24-15-25-22)27-11-10-23-17(27)2/h3-13,15,26H,14H2,1-2H3. The van der Waals surface area contributed by atoms with Crippen LogP contribution in [0.5, 0.6) is 11.6 Å². The van der Waals surface area contributed by atoms with Crippen molar-refractivity contribution in [3.8, 4) is 17.4 Å². The third kappa shape index (κ3) is 5.26. The zero-order valence-electron chi connectivity index (χ0n) is 17.1. The Morgan fingerprint density at radius 1 is 1.00 bits per heavy atom. The smallest absolute Gasteiger partial charge is 0.236 e. The third-order valence-electron chi connectivity index (χ3n) is 4.49. The lowest BCUT2D eigenvalue weighted by Gasteiger charge is -2.10. The summed E-state index contributed by atoms with van der Waals surface area (Å²) in [6.45, 7) is 3.81. The SMILES string of the molecule is Cc1cccc(CS(=O)(=O)Nc2ccc(Oc3cc(-n4ccnc4C)ncn3)cc2)c1. The first-order valence-corrected chi connectivity index (χ1v) is 11.2. The molecule has 2 aromatic heterocycles. The number of hydrogen-bond donors (Lipinski definition) is 1. The zero-order chi connectivity index (χ0) is 21.8. The molecule has 0 atom stereocenters. The lowest BCUT2D eigenvalue weighted by molar-refractivity contribution is 0.461. The van der Waals surface area contributed by atoms with Crippen LogP contribution >= 0.6 is 0 Å². The summed E-state index contributed by atoms with van der Waals surface area (Å²) in [6, 6.07) is 15.8. The van der Waals surface area contributed by atoms with Crippen LogP contribution in [0.2, 0.25) is 0 Å². The minimum absolute atomic E-state index is 0.0929. The maximum absolute atomic E-state index is 12.5. The van der Waals surface area contributed by atoms with Crippen LogP contribution in [0.1, 0.15) is 17.0 Å². The van der Waals surface area contributed by atoms with Gasteiger partial charge in [-0.25, -0.2) is 23.4 Å². The van der Waals surface area contributed by atoms with E-state index in [1.54, 1.807) is 48.8 Å². The Hall–Kier alpha value is -3.72. The molecular weight excluding hydrogens is 414 g/mol. The first kappa shape index (κ1) is 20.5. The van der Waals surface area contributed by atoms with E-state index >= 15 is 0 Å². The molecule has 0 aliphatic rings. The van der Waals surface area contributed by atoms with E-state index in [0.717, 1.165) is 17.0 Å². The summed E-state index contributed by atoms with van der Waals surface area (Å²) in [6.07, 6.45) is 4.91. The van der Waals surface area contributed by atoms with Crippen molar-refractivity contribution in [2.45, 2.75) is 19.6 Å². The van der Waals surface area contributed by atoms with E-state index in [-0.39, 0.29) is 5.75 Å². The topological polar surface area (TPSA) is 99.0 Å². The zero-order valence-corrected chi connectivity index (χ0v) is 17.9. The lowest BCUT2D eigenvalue weighted by Crippen LogP contribution is -2.15. The number of nitrogens with one attached hydrogen (secondary N) is 1. The van der Waals surface area contributed by atoms with E-state index in [9.17, 15) is 8.42 Å². The highest BCUT2D eigenvalue weighted by molar-refractivity contribution is 7.91. The number of aromatic nitrogens is 4. The first-order chi connectivity index (χ1) is 14.9. The first-order valence-electron chi connectivity index (χ1n) is 9.54. The van der Waals surface area contributed by atoms with E-state index in [0.29, 0.717) is 23.1 Å². The van der Waals surface area contributed by atoms with Gasteiger partial charge in [-0.2, -0.15) is 0 Å². The van der Waals surface area contributed by atoms with Crippen LogP contribution in [-0.2, 0) is 15.8 Å². The van der Waals surface area contributed by atoms with Gasteiger partial charge in [-0.1, -0.05) is 29.8 Å². The second-order valence-corrected chi connectivity index (χ2v) is 8.76. The van der Waals surface area contributed by atoms with Crippen molar-refractivity contribution in [1.82, 2.24) is 19.5 Å². The van der Waals surface area contributed by atoms with E-state index < -0.39 is 10.0 Å². The number of hydrogen-bond acceptors (Lipinski definition) is 6. The van der Waals surface area contributed by atoms with Gasteiger partial charge >= 0.3 is 0 Å². The predicted octanol–water partition coefficient (Wildman–Crippen LogP) is 4.01. The molecule has 2 heterocycles. The summed E-state index contributed by atoms with van der Waals surface area (Å²) in [5.41, 5.74) is 2.21. The van der Waals surface area contributed by atoms with Gasteiger partial charge in [-0.05, 0) is 43.7 Å². The Labute approximate surface area is 180 Å². The fourth-order valence-electron chi connectivity index (χ4n) is 3.09. The molecule has 0 spiro atoms. The van der Waals surface area contributed by atoms with Gasteiger partial charge in [-0.15, -0.1) is 0 Å². The fourth-order valence-corrected chi connectivity index (χ4v) is 4.27. The van der Waals surface area contributed by atoms with Crippen molar-refractivity contribution in [1.29, 1.82) is 0 Å². The van der Waals surface area contributed by atoms with Crippen molar-refractivity contribution in [2.24, 2.45) is 0 Å². The summed E-state index contributed by atoms with van der Waals surface area (Å²) in [5.74, 6) is 2.23. The number of ether oxygens (including phenoxy) is 1. The molecule has 31 heavy (non-hydrogen) atoms. The summed E-state index contributed by atoms with van der Waals surface area (Å²) in [7, 11) is -3.53. The van der Waals surface area contributed by atoms with Crippen molar-refractivity contribution < 1.29 is 13.2 Å². The number of anilines is 1. The molecule has 4 aromatic rings. The number of aryl methyl sites for hydroxylation is 2. The largest absolute Gasteiger partial charge is 0.439 e. The maximum atomic E-state index is 12.5. The number of benzene rings is 2. The number of imidazole rings is 1. The molecule has 4 rings (SSSR count). The van der Waals surface area contributed by atoms with Crippen LogP contribution in [0, 0.1) is 13.8 Å². The molecule has 0 saturated carbocycles. The van der Waals surface area contributed by atoms with Crippen LogP contribution in [-0.4, -0.2) is 27.9 Å². The Morgan fingerprint density at radius 2 is 1.81 bits per heavy atom. The molecule has 9 heteroatoms. The molecule has 1 N–H and O–H groups in total. The molecule has 8 nitrogen and oxygen atoms in total. The van der Waals surface area contributed by atoms with Crippen LogP contribution in [0.4, 0.5) is 5.69 Å². The van der Waals surface area contributed by atoms with Crippen molar-refractivity contribution >= 4 is 15.7 Å². The summed E-state index contributed by atoms with van der Waals surface area (Å²) in [4.78, 5) is 12.5. The van der Waals surface area contributed by atoms with Gasteiger partial charge in [-0.3, -0.25) is 9.29 Å². The minimum atomic E-state index is -3.53. The minimum Gasteiger partial charge on any atom is -0.439 e. The molecule has 0 fully saturated rings. The molecule has 158 valence electrons. The van der Waals surface area contributed by atoms with E-state index in [4.69, 9.17) is 4.74 Å². The van der Waals surface area contributed by atoms with E-state index in [2.05, 4.69) is 19.7 Å². The average Bonchev–Trinajstić information content (AvgIpc) is 3.15. The van der Waals surface area contributed by atoms with Crippen LogP contribution in [0.15, 0.2) is 73.3 Å². The molecule has 0 aliphatic heterocycles. The molecule has 0 unspecified atom stereocenters. The molecule has 0 saturated heterocycles. The van der Waals surface area contributed by atoms with Crippen molar-refractivity contribution in [3.05, 3.63) is 90.3 Å². The van der Waals surface area contributed by atoms with Crippen molar-refractivity contribution in [2.75, 3.05) is 4.72 Å². The fraction of sp³-hybridized carbons (Fsp3) is 0.136. The van der Waals surface area contributed by atoms with Gasteiger partial charge in [0, 0.05) is 24.1 Å². The van der Waals surface area contributed by atoms with E-state index in [1.165, 1.54) is 6.33 Å². The number of rotatable bonds is 7. The van der Waals surface area contributed by atoms with Gasteiger partial charge in [0.2, 0.25) is 15.9 Å². The highest BCUT2D eigenvalue weighted by Crippen LogP contribution is 2.23. The van der Waals surface area contributed by atoms with Crippen LogP contribution in [0.25, 0.3) is 5.82 Å². The van der Waals surface area contributed by atoms with Gasteiger partial charge in [0.1, 0.15) is 23.7 Å². The van der Waals surface area contributed by atoms with Gasteiger partial charge in [0.15, 0.2) is 0 Å². The van der Waals surface area contributed by atoms with Crippen LogP contribution < -0.4 is 9.46 Å². The number of sulfonamides is 1. The second-order valence-electron chi connectivity index (χ2n) is 7.04. The molecule has 2 aromatic carbocycles. The summed E-state index contributed by atoms with van der Waals surface area (Å²) < 4.78 is 35.1. The van der Waals surface area contributed by atoms with Gasteiger partial charge in [0.05, 0.1) is 5.75 Å². The quantitative estimate of drug-likeness (QED) is 0.471. The maximum Gasteiger partial charge on any atom is 0.236 e. The normalized spacial score (nSPS) is 11.3. The van der Waals surface area contributed by atoms with Crippen LogP contribution in [0.3, 0.4) is 0 Å². The Morgan fingerprint density at radius 3 is 2.52 bits per heavy atom. The lowest BCUT2D eigenvalue weighted by atomic mass is 10.2. The predicted molar refractivity (Wildman–Crippen MR) is 118 cm³/mol. The summed E-state index contributed by atoms with van der Waals surface area (Å²) in [5, 5.41) is 0. The molecule has 0 amide bonds. The Bertz CT molecular complexity index is 1300. The monoisotopic (exact) mass is 435 g/mol. The molecular formula is C22H21N5O3S. The Kier molecular flexibility index (Phi) is 5.68. The number of nitrogens with zero attached hydrogens (tertiary/aromatic N) is 4. The third-order valence-corrected chi connectivity index (χ3v) is 5.75. The average molecular weight is 436 g/mol.